The second kappa shape index (κ2) is 4.66. The number of aromatic nitrogens is 2. The fraction of sp³-hybridized carbons (Fsp3) is 0.200. The van der Waals surface area contributed by atoms with Crippen molar-refractivity contribution >= 4 is 11.0 Å². The Balaban J connectivity index is 2.38. The van der Waals surface area contributed by atoms with Crippen molar-refractivity contribution in [1.29, 1.82) is 0 Å². The van der Waals surface area contributed by atoms with E-state index in [0.717, 1.165) is 0 Å². The standard InChI is InChI=1S/C15H14N2O4/c1-8-14(18)13(15(19)17(2)16-8)11-7-21-12-5-4-9(20-3)6-10(11)12/h4-7,18H,1-3H3. The van der Waals surface area contributed by atoms with Crippen molar-refractivity contribution in [2.24, 2.45) is 7.05 Å². The molecule has 0 radical (unpaired) electrons. The molecule has 108 valence electrons. The number of furan rings is 1. The van der Waals surface area contributed by atoms with E-state index in [4.69, 9.17) is 9.15 Å². The first-order chi connectivity index (χ1) is 10.0. The maximum absolute atomic E-state index is 12.3. The second-order valence-corrected chi connectivity index (χ2v) is 4.75. The molecule has 6 nitrogen and oxygen atoms in total. The lowest BCUT2D eigenvalue weighted by Gasteiger charge is -2.07. The maximum Gasteiger partial charge on any atom is 0.278 e. The zero-order valence-electron chi connectivity index (χ0n) is 11.9. The number of hydrogen-bond donors (Lipinski definition) is 1. The van der Waals surface area contributed by atoms with Crippen LogP contribution in [-0.4, -0.2) is 22.0 Å². The van der Waals surface area contributed by atoms with Gasteiger partial charge in [0.1, 0.15) is 17.0 Å². The molecule has 0 spiro atoms. The first-order valence-corrected chi connectivity index (χ1v) is 6.35. The van der Waals surface area contributed by atoms with E-state index in [2.05, 4.69) is 5.10 Å². The molecule has 0 saturated heterocycles. The lowest BCUT2D eigenvalue weighted by Crippen LogP contribution is -2.22. The van der Waals surface area contributed by atoms with Gasteiger partial charge < -0.3 is 14.3 Å². The molecule has 6 heteroatoms. The van der Waals surface area contributed by atoms with E-state index < -0.39 is 0 Å². The summed E-state index contributed by atoms with van der Waals surface area (Å²) in [6.45, 7) is 1.64. The van der Waals surface area contributed by atoms with Crippen LogP contribution < -0.4 is 10.3 Å². The predicted octanol–water partition coefficient (Wildman–Crippen LogP) is 2.22. The van der Waals surface area contributed by atoms with Crippen molar-refractivity contribution in [2.45, 2.75) is 6.92 Å². The van der Waals surface area contributed by atoms with Crippen LogP contribution in [-0.2, 0) is 7.05 Å². The molecule has 2 heterocycles. The SMILES string of the molecule is COc1ccc2occ(-c3c(O)c(C)nn(C)c3=O)c2c1. The molecule has 3 rings (SSSR count). The highest BCUT2D eigenvalue weighted by atomic mass is 16.5. The number of aromatic hydroxyl groups is 1. The summed E-state index contributed by atoms with van der Waals surface area (Å²) in [6, 6.07) is 5.29. The first kappa shape index (κ1) is 13.2. The van der Waals surface area contributed by atoms with Crippen molar-refractivity contribution in [3.05, 3.63) is 40.5 Å². The largest absolute Gasteiger partial charge is 0.505 e. The number of benzene rings is 1. The Kier molecular flexibility index (Phi) is 2.94. The highest BCUT2D eigenvalue weighted by Crippen LogP contribution is 2.35. The van der Waals surface area contributed by atoms with Crippen LogP contribution in [0.2, 0.25) is 0 Å². The second-order valence-electron chi connectivity index (χ2n) is 4.75. The van der Waals surface area contributed by atoms with Gasteiger partial charge in [0.2, 0.25) is 0 Å². The maximum atomic E-state index is 12.3. The molecule has 1 N–H and O–H groups in total. The first-order valence-electron chi connectivity index (χ1n) is 6.35. The minimum absolute atomic E-state index is 0.136. The summed E-state index contributed by atoms with van der Waals surface area (Å²) in [5, 5.41) is 14.9. The summed E-state index contributed by atoms with van der Waals surface area (Å²) < 4.78 is 11.8. The Bertz CT molecular complexity index is 893. The summed E-state index contributed by atoms with van der Waals surface area (Å²) in [7, 11) is 3.11. The molecule has 0 aliphatic rings. The van der Waals surface area contributed by atoms with Gasteiger partial charge in [-0.25, -0.2) is 4.68 Å². The third kappa shape index (κ3) is 1.96. The normalized spacial score (nSPS) is 11.0. The number of fused-ring (bicyclic) bond motifs is 1. The summed E-state index contributed by atoms with van der Waals surface area (Å²) >= 11 is 0. The molecule has 0 bridgehead atoms. The van der Waals surface area contributed by atoms with E-state index in [1.54, 1.807) is 39.3 Å². The predicted molar refractivity (Wildman–Crippen MR) is 77.6 cm³/mol. The number of nitrogens with zero attached hydrogens (tertiary/aromatic N) is 2. The molecule has 1 aromatic carbocycles. The van der Waals surface area contributed by atoms with Gasteiger partial charge in [0.15, 0.2) is 5.75 Å². The summed E-state index contributed by atoms with van der Waals surface area (Å²) in [5.41, 5.74) is 1.30. The monoisotopic (exact) mass is 286 g/mol. The van der Waals surface area contributed by atoms with Crippen LogP contribution in [0.4, 0.5) is 0 Å². The Morgan fingerprint density at radius 3 is 2.86 bits per heavy atom. The summed E-state index contributed by atoms with van der Waals surface area (Å²) in [5.74, 6) is 0.510. The van der Waals surface area contributed by atoms with Crippen LogP contribution in [0.25, 0.3) is 22.1 Å². The van der Waals surface area contributed by atoms with Gasteiger partial charge in [-0.05, 0) is 25.1 Å². The molecule has 0 aliphatic heterocycles. The number of aryl methyl sites for hydroxylation is 2. The van der Waals surface area contributed by atoms with Gasteiger partial charge in [-0.1, -0.05) is 0 Å². The highest BCUT2D eigenvalue weighted by Gasteiger charge is 2.19. The topological polar surface area (TPSA) is 77.5 Å². The van der Waals surface area contributed by atoms with E-state index in [-0.39, 0.29) is 16.9 Å². The number of ether oxygens (including phenoxy) is 1. The molecule has 0 atom stereocenters. The van der Waals surface area contributed by atoms with Crippen LogP contribution in [0, 0.1) is 6.92 Å². The molecule has 0 saturated carbocycles. The van der Waals surface area contributed by atoms with Crippen molar-refractivity contribution in [1.82, 2.24) is 9.78 Å². The number of hydrogen-bond acceptors (Lipinski definition) is 5. The lowest BCUT2D eigenvalue weighted by molar-refractivity contribution is 0.415. The van der Waals surface area contributed by atoms with Crippen LogP contribution >= 0.6 is 0 Å². The molecule has 0 aliphatic carbocycles. The number of methoxy groups -OCH3 is 1. The van der Waals surface area contributed by atoms with Gasteiger partial charge in [0.05, 0.1) is 18.9 Å². The van der Waals surface area contributed by atoms with Gasteiger partial charge in [-0.15, -0.1) is 0 Å². The van der Waals surface area contributed by atoms with Crippen molar-refractivity contribution in [3.8, 4) is 22.6 Å². The van der Waals surface area contributed by atoms with Crippen molar-refractivity contribution in [3.63, 3.8) is 0 Å². The minimum Gasteiger partial charge on any atom is -0.505 e. The summed E-state index contributed by atoms with van der Waals surface area (Å²) in [6.07, 6.45) is 1.46. The van der Waals surface area contributed by atoms with Crippen molar-refractivity contribution < 1.29 is 14.3 Å². The smallest absolute Gasteiger partial charge is 0.278 e. The Morgan fingerprint density at radius 1 is 1.38 bits per heavy atom. The van der Waals surface area contributed by atoms with Gasteiger partial charge in [0, 0.05) is 18.0 Å². The van der Waals surface area contributed by atoms with Gasteiger partial charge in [-0.2, -0.15) is 5.10 Å². The van der Waals surface area contributed by atoms with Gasteiger partial charge >= 0.3 is 0 Å². The van der Waals surface area contributed by atoms with E-state index in [9.17, 15) is 9.90 Å². The average Bonchev–Trinajstić information content (AvgIpc) is 2.88. The van der Waals surface area contributed by atoms with Crippen LogP contribution in [0.5, 0.6) is 11.5 Å². The highest BCUT2D eigenvalue weighted by molar-refractivity contribution is 5.96. The fourth-order valence-corrected chi connectivity index (χ4v) is 2.33. The Hall–Kier alpha value is -2.76. The Labute approximate surface area is 120 Å². The zero-order valence-corrected chi connectivity index (χ0v) is 11.9. The summed E-state index contributed by atoms with van der Waals surface area (Å²) in [4.78, 5) is 12.3. The van der Waals surface area contributed by atoms with Crippen LogP contribution in [0.15, 0.2) is 33.7 Å². The molecule has 0 fully saturated rings. The van der Waals surface area contributed by atoms with Crippen LogP contribution in [0.3, 0.4) is 0 Å². The fourth-order valence-electron chi connectivity index (χ4n) is 2.33. The molecule has 21 heavy (non-hydrogen) atoms. The van der Waals surface area contributed by atoms with E-state index in [1.807, 2.05) is 0 Å². The molecular formula is C15H14N2O4. The molecular weight excluding hydrogens is 272 g/mol. The van der Waals surface area contributed by atoms with E-state index in [0.29, 0.717) is 28.0 Å². The van der Waals surface area contributed by atoms with Gasteiger partial charge in [-0.3, -0.25) is 4.79 Å². The molecule has 2 aromatic heterocycles. The molecule has 0 amide bonds. The third-order valence-electron chi connectivity index (χ3n) is 3.44. The minimum atomic E-state index is -0.386. The lowest BCUT2D eigenvalue weighted by atomic mass is 10.0. The van der Waals surface area contributed by atoms with Crippen molar-refractivity contribution in [2.75, 3.05) is 7.11 Å². The molecule has 0 unspecified atom stereocenters. The van der Waals surface area contributed by atoms with Crippen LogP contribution in [0.1, 0.15) is 5.69 Å². The quantitative estimate of drug-likeness (QED) is 0.781. The van der Waals surface area contributed by atoms with E-state index in [1.165, 1.54) is 10.9 Å². The van der Waals surface area contributed by atoms with Gasteiger partial charge in [0.25, 0.3) is 5.56 Å². The molecule has 3 aromatic rings. The number of rotatable bonds is 2. The van der Waals surface area contributed by atoms with E-state index >= 15 is 0 Å². The third-order valence-corrected chi connectivity index (χ3v) is 3.44. The average molecular weight is 286 g/mol. The zero-order chi connectivity index (χ0) is 15.1. The Morgan fingerprint density at radius 2 is 2.14 bits per heavy atom.